The lowest BCUT2D eigenvalue weighted by Crippen LogP contribution is -2.20. The molecule has 0 fully saturated rings. The molecule has 0 N–H and O–H groups in total. The van der Waals surface area contributed by atoms with E-state index in [0.29, 0.717) is 12.2 Å². The highest BCUT2D eigenvalue weighted by Gasteiger charge is 2.16. The summed E-state index contributed by atoms with van der Waals surface area (Å²) < 4.78 is 5.61. The molecule has 0 spiro atoms. The first kappa shape index (κ1) is 22.6. The van der Waals surface area contributed by atoms with Crippen LogP contribution in [-0.4, -0.2) is 13.9 Å². The van der Waals surface area contributed by atoms with E-state index in [4.69, 9.17) is 4.99 Å². The minimum absolute atomic E-state index is 0.136. The molecule has 6 heteroatoms. The number of hydrogen-bond donors (Lipinski definition) is 0. The van der Waals surface area contributed by atoms with Crippen LogP contribution in [0, 0.1) is 6.92 Å². The number of benzene rings is 3. The Bertz CT molecular complexity index is 1600. The molecular formula is C29H26N4OS. The van der Waals surface area contributed by atoms with E-state index in [1.807, 2.05) is 73.3 Å². The average molecular weight is 479 g/mol. The zero-order valence-corrected chi connectivity index (χ0v) is 20.6. The molecule has 0 atom stereocenters. The molecule has 0 saturated carbocycles. The van der Waals surface area contributed by atoms with E-state index in [9.17, 15) is 4.79 Å². The van der Waals surface area contributed by atoms with Crippen molar-refractivity contribution < 1.29 is 0 Å². The fourth-order valence-electron chi connectivity index (χ4n) is 4.20. The zero-order chi connectivity index (χ0) is 24.4. The Hall–Kier alpha value is -4.16. The van der Waals surface area contributed by atoms with E-state index in [1.54, 1.807) is 4.68 Å². The van der Waals surface area contributed by atoms with Crippen molar-refractivity contribution in [3.05, 3.63) is 124 Å². The van der Waals surface area contributed by atoms with E-state index < -0.39 is 0 Å². The third-order valence-electron chi connectivity index (χ3n) is 6.13. The summed E-state index contributed by atoms with van der Waals surface area (Å²) in [7, 11) is 1.88. The van der Waals surface area contributed by atoms with E-state index in [0.717, 1.165) is 27.4 Å². The predicted molar refractivity (Wildman–Crippen MR) is 144 cm³/mol. The van der Waals surface area contributed by atoms with Crippen molar-refractivity contribution in [2.45, 2.75) is 13.5 Å². The summed E-state index contributed by atoms with van der Waals surface area (Å²) >= 11 is 1.53. The Morgan fingerprint density at radius 1 is 0.886 bits per heavy atom. The number of para-hydroxylation sites is 1. The number of allylic oxidation sites excluding steroid dienone is 1. The van der Waals surface area contributed by atoms with Gasteiger partial charge < -0.3 is 4.57 Å². The predicted octanol–water partition coefficient (Wildman–Crippen LogP) is 6.10. The van der Waals surface area contributed by atoms with Gasteiger partial charge in [0.1, 0.15) is 0 Å². The largest absolute Gasteiger partial charge is 0.313 e. The molecule has 0 saturated heterocycles. The third-order valence-corrected chi connectivity index (χ3v) is 6.99. The quantitative estimate of drug-likeness (QED) is 0.272. The molecule has 0 aliphatic heterocycles. The van der Waals surface area contributed by atoms with Crippen molar-refractivity contribution in [3.8, 4) is 28.1 Å². The van der Waals surface area contributed by atoms with Crippen LogP contribution >= 0.6 is 11.3 Å². The van der Waals surface area contributed by atoms with Gasteiger partial charge in [-0.1, -0.05) is 78.9 Å². The van der Waals surface area contributed by atoms with Gasteiger partial charge in [0.05, 0.1) is 17.1 Å². The molecule has 0 radical (unpaired) electrons. The Morgan fingerprint density at radius 2 is 1.49 bits per heavy atom. The van der Waals surface area contributed by atoms with Crippen LogP contribution in [0.4, 0.5) is 5.69 Å². The van der Waals surface area contributed by atoms with Gasteiger partial charge in [-0.05, 0) is 35.7 Å². The number of nitrogens with zero attached hydrogens (tertiary/aromatic N) is 4. The molecule has 0 aliphatic carbocycles. The van der Waals surface area contributed by atoms with Gasteiger partial charge in [0, 0.05) is 19.0 Å². The lowest BCUT2D eigenvalue weighted by molar-refractivity contribution is 0.630. The fourth-order valence-corrected chi connectivity index (χ4v) is 5.12. The molecule has 3 aromatic carbocycles. The molecule has 5 aromatic rings. The van der Waals surface area contributed by atoms with Crippen LogP contribution in [0.15, 0.2) is 113 Å². The Kier molecular flexibility index (Phi) is 6.21. The van der Waals surface area contributed by atoms with Gasteiger partial charge in [0.25, 0.3) is 5.56 Å². The first-order valence-electron chi connectivity index (χ1n) is 11.4. The SMILES string of the molecule is C=CCn1c(-c2ccc(-c3ccccc3)cc2)csc1=Nc1c(C)n(C)n(-c2ccccc2)c1=O. The van der Waals surface area contributed by atoms with E-state index in [1.165, 1.54) is 22.5 Å². The fraction of sp³-hybridized carbons (Fsp3) is 0.103. The van der Waals surface area contributed by atoms with Crippen molar-refractivity contribution in [2.75, 3.05) is 0 Å². The van der Waals surface area contributed by atoms with Crippen LogP contribution in [0.1, 0.15) is 5.69 Å². The van der Waals surface area contributed by atoms with Crippen LogP contribution in [0.3, 0.4) is 0 Å². The van der Waals surface area contributed by atoms with Crippen LogP contribution in [-0.2, 0) is 13.6 Å². The minimum Gasteiger partial charge on any atom is -0.313 e. The lowest BCUT2D eigenvalue weighted by atomic mass is 10.0. The molecule has 5 nitrogen and oxygen atoms in total. The maximum absolute atomic E-state index is 13.4. The Balaban J connectivity index is 1.59. The van der Waals surface area contributed by atoms with Gasteiger partial charge >= 0.3 is 0 Å². The van der Waals surface area contributed by atoms with Gasteiger partial charge in [0.2, 0.25) is 0 Å². The average Bonchev–Trinajstić information content (AvgIpc) is 3.39. The number of hydrogen-bond acceptors (Lipinski definition) is 3. The normalized spacial score (nSPS) is 11.7. The smallest absolute Gasteiger partial charge is 0.297 e. The summed E-state index contributed by atoms with van der Waals surface area (Å²) in [6, 6.07) is 28.5. The van der Waals surface area contributed by atoms with Crippen molar-refractivity contribution >= 4 is 17.0 Å². The second kappa shape index (κ2) is 9.60. The zero-order valence-electron chi connectivity index (χ0n) is 19.8. The van der Waals surface area contributed by atoms with Crippen molar-refractivity contribution in [1.82, 2.24) is 13.9 Å². The summed E-state index contributed by atoms with van der Waals surface area (Å²) in [5.41, 5.74) is 6.44. The van der Waals surface area contributed by atoms with E-state index >= 15 is 0 Å². The topological polar surface area (TPSA) is 44.2 Å². The van der Waals surface area contributed by atoms with Crippen LogP contribution < -0.4 is 10.4 Å². The standard InChI is InChI=1S/C29H26N4OS/c1-4-19-32-26(24-17-15-23(16-18-24)22-11-7-5-8-12-22)20-35-29(32)30-27-21(2)31(3)33(28(27)34)25-13-9-6-10-14-25/h4-18,20H,1,19H2,2-3H3. The first-order chi connectivity index (χ1) is 17.1. The molecular weight excluding hydrogens is 452 g/mol. The monoisotopic (exact) mass is 478 g/mol. The van der Waals surface area contributed by atoms with Gasteiger partial charge in [-0.15, -0.1) is 17.9 Å². The lowest BCUT2D eigenvalue weighted by Gasteiger charge is -2.08. The minimum atomic E-state index is -0.136. The van der Waals surface area contributed by atoms with Crippen LogP contribution in [0.2, 0.25) is 0 Å². The van der Waals surface area contributed by atoms with Crippen LogP contribution in [0.5, 0.6) is 0 Å². The maximum Gasteiger partial charge on any atom is 0.297 e. The molecule has 0 amide bonds. The maximum atomic E-state index is 13.4. The third kappa shape index (κ3) is 4.24. The molecule has 0 aliphatic rings. The van der Waals surface area contributed by atoms with Crippen molar-refractivity contribution in [3.63, 3.8) is 0 Å². The van der Waals surface area contributed by atoms with Crippen LogP contribution in [0.25, 0.3) is 28.1 Å². The highest BCUT2D eigenvalue weighted by Crippen LogP contribution is 2.26. The van der Waals surface area contributed by atoms with Gasteiger partial charge in [-0.3, -0.25) is 9.48 Å². The van der Waals surface area contributed by atoms with Gasteiger partial charge in [0.15, 0.2) is 10.5 Å². The molecule has 35 heavy (non-hydrogen) atoms. The van der Waals surface area contributed by atoms with Crippen molar-refractivity contribution in [2.24, 2.45) is 12.0 Å². The summed E-state index contributed by atoms with van der Waals surface area (Å²) in [5, 5.41) is 2.09. The summed E-state index contributed by atoms with van der Waals surface area (Å²) in [5.74, 6) is 0. The summed E-state index contributed by atoms with van der Waals surface area (Å²) in [6.07, 6.45) is 1.85. The second-order valence-corrected chi connectivity index (χ2v) is 9.10. The highest BCUT2D eigenvalue weighted by atomic mass is 32.1. The molecule has 5 rings (SSSR count). The van der Waals surface area contributed by atoms with Gasteiger partial charge in [-0.2, -0.15) is 0 Å². The van der Waals surface area contributed by atoms with Gasteiger partial charge in [-0.25, -0.2) is 9.67 Å². The van der Waals surface area contributed by atoms with Crippen molar-refractivity contribution in [1.29, 1.82) is 0 Å². The molecule has 2 heterocycles. The second-order valence-electron chi connectivity index (χ2n) is 8.27. The molecule has 0 bridgehead atoms. The Labute approximate surface area is 208 Å². The first-order valence-corrected chi connectivity index (χ1v) is 12.3. The number of aromatic nitrogens is 3. The number of thiazole rings is 1. The van der Waals surface area contributed by atoms with E-state index in [-0.39, 0.29) is 5.56 Å². The van der Waals surface area contributed by atoms with E-state index in [2.05, 4.69) is 52.9 Å². The summed E-state index contributed by atoms with van der Waals surface area (Å²) in [4.78, 5) is 19.0. The number of rotatable bonds is 6. The summed E-state index contributed by atoms with van der Waals surface area (Å²) in [6.45, 7) is 6.46. The Morgan fingerprint density at radius 3 is 2.14 bits per heavy atom. The molecule has 2 aromatic heterocycles. The highest BCUT2D eigenvalue weighted by molar-refractivity contribution is 7.07. The molecule has 0 unspecified atom stereocenters. The molecule has 174 valence electrons.